The number of hydrogen-bond donors (Lipinski definition) is 1. The SMILES string of the molecule is Cc1ccnn1-c1ccc(C(=O)N(CC(=O)O)C2CC2)cc1. The van der Waals surface area contributed by atoms with Crippen LogP contribution in [-0.2, 0) is 4.79 Å². The number of aryl methyl sites for hydroxylation is 1. The van der Waals surface area contributed by atoms with Gasteiger partial charge in [-0.25, -0.2) is 4.68 Å². The van der Waals surface area contributed by atoms with Crippen LogP contribution < -0.4 is 0 Å². The van der Waals surface area contributed by atoms with Crippen molar-refractivity contribution in [1.82, 2.24) is 14.7 Å². The lowest BCUT2D eigenvalue weighted by molar-refractivity contribution is -0.137. The molecule has 1 heterocycles. The Kier molecular flexibility index (Phi) is 3.66. The molecule has 1 N–H and O–H groups in total. The fourth-order valence-corrected chi connectivity index (χ4v) is 2.45. The Labute approximate surface area is 128 Å². The fourth-order valence-electron chi connectivity index (χ4n) is 2.45. The first-order valence-electron chi connectivity index (χ1n) is 7.20. The first kappa shape index (κ1) is 14.3. The molecule has 0 unspecified atom stereocenters. The number of carbonyl (C=O) groups is 2. The van der Waals surface area contributed by atoms with Gasteiger partial charge in [0.05, 0.1) is 5.69 Å². The molecule has 6 nitrogen and oxygen atoms in total. The van der Waals surface area contributed by atoms with Gasteiger partial charge < -0.3 is 10.0 Å². The summed E-state index contributed by atoms with van der Waals surface area (Å²) < 4.78 is 1.78. The molecule has 0 radical (unpaired) electrons. The summed E-state index contributed by atoms with van der Waals surface area (Å²) >= 11 is 0. The number of benzene rings is 1. The third kappa shape index (κ3) is 2.86. The second kappa shape index (κ2) is 5.63. The Balaban J connectivity index is 1.81. The minimum atomic E-state index is -0.982. The Morgan fingerprint density at radius 2 is 1.95 bits per heavy atom. The molecule has 0 bridgehead atoms. The van der Waals surface area contributed by atoms with Crippen molar-refractivity contribution in [1.29, 1.82) is 0 Å². The van der Waals surface area contributed by atoms with E-state index in [9.17, 15) is 9.59 Å². The van der Waals surface area contributed by atoms with Gasteiger partial charge in [-0.2, -0.15) is 5.10 Å². The molecule has 1 aliphatic carbocycles. The largest absolute Gasteiger partial charge is 0.480 e. The summed E-state index contributed by atoms with van der Waals surface area (Å²) in [5.41, 5.74) is 2.38. The van der Waals surface area contributed by atoms with Crippen LogP contribution in [0.3, 0.4) is 0 Å². The van der Waals surface area contributed by atoms with Crippen LogP contribution in [0.15, 0.2) is 36.5 Å². The number of nitrogens with zero attached hydrogens (tertiary/aromatic N) is 3. The van der Waals surface area contributed by atoms with Gasteiger partial charge in [-0.15, -0.1) is 0 Å². The summed E-state index contributed by atoms with van der Waals surface area (Å²) in [4.78, 5) is 24.8. The van der Waals surface area contributed by atoms with Gasteiger partial charge in [-0.3, -0.25) is 9.59 Å². The highest BCUT2D eigenvalue weighted by Gasteiger charge is 2.34. The number of carbonyl (C=O) groups excluding carboxylic acids is 1. The van der Waals surface area contributed by atoms with E-state index in [2.05, 4.69) is 5.10 Å². The predicted molar refractivity (Wildman–Crippen MR) is 80.0 cm³/mol. The average molecular weight is 299 g/mol. The molecule has 6 heteroatoms. The van der Waals surface area contributed by atoms with Crippen LogP contribution in [0.5, 0.6) is 0 Å². The number of hydrogen-bond acceptors (Lipinski definition) is 3. The number of carboxylic acids is 1. The summed E-state index contributed by atoms with van der Waals surface area (Å²) in [7, 11) is 0. The summed E-state index contributed by atoms with van der Waals surface area (Å²) in [6.07, 6.45) is 3.48. The highest BCUT2D eigenvalue weighted by molar-refractivity contribution is 5.96. The Morgan fingerprint density at radius 1 is 1.27 bits per heavy atom. The van der Waals surface area contributed by atoms with Gasteiger partial charge in [0.2, 0.25) is 0 Å². The molecule has 1 saturated carbocycles. The topological polar surface area (TPSA) is 75.4 Å². The molecule has 0 saturated heterocycles. The van der Waals surface area contributed by atoms with E-state index in [1.54, 1.807) is 23.0 Å². The molecule has 1 aromatic heterocycles. The van der Waals surface area contributed by atoms with Crippen LogP contribution in [-0.4, -0.2) is 44.3 Å². The molecule has 0 aliphatic heterocycles. The predicted octanol–water partition coefficient (Wildman–Crippen LogP) is 1.87. The van der Waals surface area contributed by atoms with Crippen molar-refractivity contribution in [2.75, 3.05) is 6.54 Å². The van der Waals surface area contributed by atoms with Crippen LogP contribution in [0, 0.1) is 6.92 Å². The molecule has 1 aliphatic rings. The Hall–Kier alpha value is -2.63. The minimum Gasteiger partial charge on any atom is -0.480 e. The van der Waals surface area contributed by atoms with E-state index in [4.69, 9.17) is 5.11 Å². The monoisotopic (exact) mass is 299 g/mol. The number of amides is 1. The number of carboxylic acid groups (broad SMARTS) is 1. The van der Waals surface area contributed by atoms with Gasteiger partial charge in [0.25, 0.3) is 5.91 Å². The maximum atomic E-state index is 12.5. The zero-order valence-corrected chi connectivity index (χ0v) is 12.3. The summed E-state index contributed by atoms with van der Waals surface area (Å²) in [6.45, 7) is 1.71. The molecular formula is C16H17N3O3. The van der Waals surface area contributed by atoms with Crippen molar-refractivity contribution in [3.63, 3.8) is 0 Å². The van der Waals surface area contributed by atoms with E-state index in [1.807, 2.05) is 25.1 Å². The standard InChI is InChI=1S/C16H17N3O3/c1-11-8-9-17-19(11)14-4-2-12(3-5-14)16(22)18(10-15(20)21)13-6-7-13/h2-5,8-9,13H,6-7,10H2,1H3,(H,20,21). The lowest BCUT2D eigenvalue weighted by Crippen LogP contribution is -2.37. The molecular weight excluding hydrogens is 282 g/mol. The normalized spacial score (nSPS) is 13.9. The van der Waals surface area contributed by atoms with Crippen molar-refractivity contribution in [2.45, 2.75) is 25.8 Å². The molecule has 3 rings (SSSR count). The van der Waals surface area contributed by atoms with Gasteiger partial charge >= 0.3 is 5.97 Å². The molecule has 1 amide bonds. The molecule has 114 valence electrons. The van der Waals surface area contributed by atoms with E-state index in [1.165, 1.54) is 4.90 Å². The maximum absolute atomic E-state index is 12.5. The molecule has 22 heavy (non-hydrogen) atoms. The van der Waals surface area contributed by atoms with E-state index < -0.39 is 5.97 Å². The van der Waals surface area contributed by atoms with E-state index in [-0.39, 0.29) is 18.5 Å². The van der Waals surface area contributed by atoms with Gasteiger partial charge in [0, 0.05) is 23.5 Å². The lowest BCUT2D eigenvalue weighted by Gasteiger charge is -2.20. The van der Waals surface area contributed by atoms with E-state index in [0.717, 1.165) is 24.2 Å². The van der Waals surface area contributed by atoms with Gasteiger partial charge in [-0.1, -0.05) is 0 Å². The Morgan fingerprint density at radius 3 is 2.45 bits per heavy atom. The minimum absolute atomic E-state index is 0.0663. The van der Waals surface area contributed by atoms with Crippen LogP contribution in [0.2, 0.25) is 0 Å². The fraction of sp³-hybridized carbons (Fsp3) is 0.312. The Bertz CT molecular complexity index is 702. The molecule has 0 atom stereocenters. The van der Waals surface area contributed by atoms with E-state index >= 15 is 0 Å². The smallest absolute Gasteiger partial charge is 0.323 e. The highest BCUT2D eigenvalue weighted by Crippen LogP contribution is 2.28. The van der Waals surface area contributed by atoms with Crippen molar-refractivity contribution < 1.29 is 14.7 Å². The second-order valence-corrected chi connectivity index (χ2v) is 5.49. The summed E-state index contributed by atoms with van der Waals surface area (Å²) in [5.74, 6) is -1.21. The third-order valence-electron chi connectivity index (χ3n) is 3.74. The van der Waals surface area contributed by atoms with Crippen molar-refractivity contribution in [3.8, 4) is 5.69 Å². The molecule has 1 aromatic carbocycles. The first-order valence-corrected chi connectivity index (χ1v) is 7.20. The third-order valence-corrected chi connectivity index (χ3v) is 3.74. The lowest BCUT2D eigenvalue weighted by atomic mass is 10.1. The number of rotatable bonds is 5. The summed E-state index contributed by atoms with van der Waals surface area (Å²) in [6, 6.07) is 9.04. The average Bonchev–Trinajstić information content (AvgIpc) is 3.26. The van der Waals surface area contributed by atoms with Crippen LogP contribution in [0.1, 0.15) is 28.9 Å². The molecule has 1 fully saturated rings. The quantitative estimate of drug-likeness (QED) is 0.914. The van der Waals surface area contributed by atoms with Crippen molar-refractivity contribution in [3.05, 3.63) is 47.8 Å². The van der Waals surface area contributed by atoms with Crippen LogP contribution >= 0.6 is 0 Å². The van der Waals surface area contributed by atoms with Gasteiger partial charge in [0.15, 0.2) is 0 Å². The van der Waals surface area contributed by atoms with Gasteiger partial charge in [-0.05, 0) is 50.1 Å². The molecule has 0 spiro atoms. The van der Waals surface area contributed by atoms with Gasteiger partial charge in [0.1, 0.15) is 6.54 Å². The van der Waals surface area contributed by atoms with Crippen molar-refractivity contribution in [2.24, 2.45) is 0 Å². The molecule has 2 aromatic rings. The van der Waals surface area contributed by atoms with Crippen molar-refractivity contribution >= 4 is 11.9 Å². The zero-order valence-electron chi connectivity index (χ0n) is 12.3. The highest BCUT2D eigenvalue weighted by atomic mass is 16.4. The van der Waals surface area contributed by atoms with E-state index in [0.29, 0.717) is 5.56 Å². The first-order chi connectivity index (χ1) is 10.6. The number of aromatic nitrogens is 2. The van der Waals surface area contributed by atoms with Crippen LogP contribution in [0.4, 0.5) is 0 Å². The van der Waals surface area contributed by atoms with Crippen LogP contribution in [0.25, 0.3) is 5.69 Å². The number of aliphatic carboxylic acids is 1. The maximum Gasteiger partial charge on any atom is 0.323 e. The summed E-state index contributed by atoms with van der Waals surface area (Å²) in [5, 5.41) is 13.2. The second-order valence-electron chi connectivity index (χ2n) is 5.49. The zero-order chi connectivity index (χ0) is 15.7.